The summed E-state index contributed by atoms with van der Waals surface area (Å²) in [6, 6.07) is 5.47. The van der Waals surface area contributed by atoms with Crippen LogP contribution in [0.1, 0.15) is 35.7 Å². The summed E-state index contributed by atoms with van der Waals surface area (Å²) in [5.74, 6) is -0.925. The van der Waals surface area contributed by atoms with E-state index >= 15 is 0 Å². The highest BCUT2D eigenvalue weighted by Crippen LogP contribution is 2.19. The van der Waals surface area contributed by atoms with Gasteiger partial charge in [0, 0.05) is 18.3 Å². The van der Waals surface area contributed by atoms with Gasteiger partial charge in [-0.15, -0.1) is 0 Å². The number of aliphatic hydroxyl groups is 1. The van der Waals surface area contributed by atoms with Gasteiger partial charge in [0.15, 0.2) is 0 Å². The highest BCUT2D eigenvalue weighted by molar-refractivity contribution is 5.94. The first-order valence-corrected chi connectivity index (χ1v) is 5.76. The molecule has 4 nitrogen and oxygen atoms in total. The van der Waals surface area contributed by atoms with Gasteiger partial charge in [0.25, 0.3) is 0 Å². The van der Waals surface area contributed by atoms with Crippen molar-refractivity contribution in [2.24, 2.45) is 0 Å². The van der Waals surface area contributed by atoms with E-state index in [1.807, 2.05) is 19.9 Å². The van der Waals surface area contributed by atoms with E-state index in [4.69, 9.17) is 10.2 Å². The summed E-state index contributed by atoms with van der Waals surface area (Å²) in [4.78, 5) is 11.1. The van der Waals surface area contributed by atoms with E-state index in [2.05, 4.69) is 5.32 Å². The zero-order chi connectivity index (χ0) is 12.8. The molecule has 1 unspecified atom stereocenters. The minimum atomic E-state index is -0.925. The number of benzene rings is 1. The third-order valence-electron chi connectivity index (χ3n) is 2.60. The number of hydrogen-bond acceptors (Lipinski definition) is 3. The molecule has 0 saturated heterocycles. The van der Waals surface area contributed by atoms with Crippen LogP contribution in [0.4, 0.5) is 5.69 Å². The van der Waals surface area contributed by atoms with Gasteiger partial charge in [0.2, 0.25) is 0 Å². The Morgan fingerprint density at radius 3 is 2.76 bits per heavy atom. The molecule has 1 atom stereocenters. The van der Waals surface area contributed by atoms with E-state index in [0.29, 0.717) is 17.7 Å². The molecule has 17 heavy (non-hydrogen) atoms. The van der Waals surface area contributed by atoms with Crippen molar-refractivity contribution in [3.05, 3.63) is 29.3 Å². The van der Waals surface area contributed by atoms with Crippen molar-refractivity contribution in [3.63, 3.8) is 0 Å². The van der Waals surface area contributed by atoms with Crippen LogP contribution in [0.2, 0.25) is 0 Å². The summed E-state index contributed by atoms with van der Waals surface area (Å²) in [5, 5.41) is 21.0. The number of carboxylic acid groups (broad SMARTS) is 1. The second-order valence-electron chi connectivity index (χ2n) is 4.27. The van der Waals surface area contributed by atoms with Crippen molar-refractivity contribution >= 4 is 11.7 Å². The van der Waals surface area contributed by atoms with Gasteiger partial charge < -0.3 is 15.5 Å². The molecule has 3 N–H and O–H groups in total. The van der Waals surface area contributed by atoms with Crippen LogP contribution in [0, 0.1) is 6.92 Å². The first kappa shape index (κ1) is 13.5. The number of aryl methyl sites for hydroxylation is 1. The molecule has 0 amide bonds. The molecule has 0 aliphatic rings. The molecule has 1 rings (SSSR count). The van der Waals surface area contributed by atoms with Crippen molar-refractivity contribution in [3.8, 4) is 0 Å². The molecular weight excluding hydrogens is 218 g/mol. The summed E-state index contributed by atoms with van der Waals surface area (Å²) in [6.07, 6.45) is 1.52. The Morgan fingerprint density at radius 2 is 2.18 bits per heavy atom. The van der Waals surface area contributed by atoms with Gasteiger partial charge in [0.1, 0.15) is 0 Å². The molecule has 0 aliphatic heterocycles. The summed E-state index contributed by atoms with van der Waals surface area (Å²) in [5.41, 5.74) is 1.85. The molecule has 0 bridgehead atoms. The van der Waals surface area contributed by atoms with Crippen LogP contribution in [0.5, 0.6) is 0 Å². The van der Waals surface area contributed by atoms with Gasteiger partial charge in [-0.1, -0.05) is 11.6 Å². The van der Waals surface area contributed by atoms with Crippen LogP contribution in [-0.2, 0) is 0 Å². The molecule has 94 valence electrons. The number of aromatic carboxylic acids is 1. The third-order valence-corrected chi connectivity index (χ3v) is 2.60. The number of anilines is 1. The van der Waals surface area contributed by atoms with Crippen LogP contribution in [0.3, 0.4) is 0 Å². The average Bonchev–Trinajstić information content (AvgIpc) is 2.28. The maximum Gasteiger partial charge on any atom is 0.337 e. The topological polar surface area (TPSA) is 69.6 Å². The standard InChI is InChI=1S/C13H19NO3/c1-9-5-6-12(11(8-9)13(16)17)14-10(2)4-3-7-15/h5-6,8,10,14-15H,3-4,7H2,1-2H3,(H,16,17). The molecule has 1 aromatic rings. The molecule has 0 spiro atoms. The highest BCUT2D eigenvalue weighted by Gasteiger charge is 2.11. The largest absolute Gasteiger partial charge is 0.478 e. The second-order valence-corrected chi connectivity index (χ2v) is 4.27. The molecule has 0 fully saturated rings. The van der Waals surface area contributed by atoms with E-state index in [1.54, 1.807) is 12.1 Å². The average molecular weight is 237 g/mol. The van der Waals surface area contributed by atoms with E-state index in [0.717, 1.165) is 12.0 Å². The van der Waals surface area contributed by atoms with Gasteiger partial charge in [-0.05, 0) is 38.8 Å². The van der Waals surface area contributed by atoms with Crippen LogP contribution in [0.15, 0.2) is 18.2 Å². The monoisotopic (exact) mass is 237 g/mol. The molecular formula is C13H19NO3. The Balaban J connectivity index is 2.79. The fourth-order valence-corrected chi connectivity index (χ4v) is 1.70. The lowest BCUT2D eigenvalue weighted by atomic mass is 10.1. The second kappa shape index (κ2) is 6.25. The van der Waals surface area contributed by atoms with Gasteiger partial charge in [0.05, 0.1) is 5.56 Å². The first-order valence-electron chi connectivity index (χ1n) is 5.76. The normalized spacial score (nSPS) is 12.2. The summed E-state index contributed by atoms with van der Waals surface area (Å²) >= 11 is 0. The Morgan fingerprint density at radius 1 is 1.47 bits per heavy atom. The number of carboxylic acids is 1. The smallest absolute Gasteiger partial charge is 0.337 e. The Hall–Kier alpha value is -1.55. The van der Waals surface area contributed by atoms with E-state index < -0.39 is 5.97 Å². The summed E-state index contributed by atoms with van der Waals surface area (Å²) in [7, 11) is 0. The number of nitrogens with one attached hydrogen (secondary N) is 1. The molecule has 0 aromatic heterocycles. The highest BCUT2D eigenvalue weighted by atomic mass is 16.4. The lowest BCUT2D eigenvalue weighted by Crippen LogP contribution is -2.17. The molecule has 0 aliphatic carbocycles. The van der Waals surface area contributed by atoms with Gasteiger partial charge in [-0.2, -0.15) is 0 Å². The van der Waals surface area contributed by atoms with Gasteiger partial charge >= 0.3 is 5.97 Å². The predicted molar refractivity (Wildman–Crippen MR) is 67.5 cm³/mol. The quantitative estimate of drug-likeness (QED) is 0.710. The SMILES string of the molecule is Cc1ccc(NC(C)CCCO)c(C(=O)O)c1. The Bertz CT molecular complexity index is 390. The minimum absolute atomic E-state index is 0.142. The number of rotatable bonds is 6. The maximum atomic E-state index is 11.1. The van der Waals surface area contributed by atoms with E-state index in [1.165, 1.54) is 0 Å². The summed E-state index contributed by atoms with van der Waals surface area (Å²) < 4.78 is 0. The lowest BCUT2D eigenvalue weighted by molar-refractivity contribution is 0.0698. The predicted octanol–water partition coefficient (Wildman–Crippen LogP) is 2.27. The molecule has 0 heterocycles. The zero-order valence-corrected chi connectivity index (χ0v) is 10.2. The van der Waals surface area contributed by atoms with Crippen molar-refractivity contribution in [2.45, 2.75) is 32.7 Å². The van der Waals surface area contributed by atoms with Crippen LogP contribution in [0.25, 0.3) is 0 Å². The van der Waals surface area contributed by atoms with E-state index in [9.17, 15) is 4.79 Å². The van der Waals surface area contributed by atoms with Crippen molar-refractivity contribution in [1.29, 1.82) is 0 Å². The van der Waals surface area contributed by atoms with Gasteiger partial charge in [-0.3, -0.25) is 0 Å². The first-order chi connectivity index (χ1) is 8.04. The minimum Gasteiger partial charge on any atom is -0.478 e. The van der Waals surface area contributed by atoms with E-state index in [-0.39, 0.29) is 12.6 Å². The molecule has 0 radical (unpaired) electrons. The van der Waals surface area contributed by atoms with Crippen molar-refractivity contribution < 1.29 is 15.0 Å². The third kappa shape index (κ3) is 4.07. The van der Waals surface area contributed by atoms with Gasteiger partial charge in [-0.25, -0.2) is 4.79 Å². The number of carbonyl (C=O) groups is 1. The van der Waals surface area contributed by atoms with Crippen molar-refractivity contribution in [1.82, 2.24) is 0 Å². The molecule has 0 saturated carbocycles. The fourth-order valence-electron chi connectivity index (χ4n) is 1.70. The zero-order valence-electron chi connectivity index (χ0n) is 10.2. The summed E-state index contributed by atoms with van der Waals surface area (Å²) in [6.45, 7) is 4.00. The fraction of sp³-hybridized carbons (Fsp3) is 0.462. The van der Waals surface area contributed by atoms with Crippen LogP contribution < -0.4 is 5.32 Å². The molecule has 1 aromatic carbocycles. The number of aliphatic hydroxyl groups excluding tert-OH is 1. The Kier molecular flexibility index (Phi) is 4.97. The van der Waals surface area contributed by atoms with Crippen LogP contribution >= 0.6 is 0 Å². The number of hydrogen-bond donors (Lipinski definition) is 3. The lowest BCUT2D eigenvalue weighted by Gasteiger charge is -2.16. The van der Waals surface area contributed by atoms with Crippen LogP contribution in [-0.4, -0.2) is 28.8 Å². The maximum absolute atomic E-state index is 11.1. The Labute approximate surface area is 101 Å². The molecule has 4 heteroatoms. The van der Waals surface area contributed by atoms with Crippen molar-refractivity contribution in [2.75, 3.05) is 11.9 Å².